The van der Waals surface area contributed by atoms with E-state index in [1.54, 1.807) is 0 Å². The standard InChI is InChI=1S/C13H28N2O/c1-11(2)9-16-8-7-15-6-5-12(14)13(3,4)10-15/h11-12H,5-10,14H2,1-4H3. The molecule has 96 valence electrons. The molecule has 1 fully saturated rings. The summed E-state index contributed by atoms with van der Waals surface area (Å²) in [6.07, 6.45) is 1.11. The van der Waals surface area contributed by atoms with Gasteiger partial charge in [-0.15, -0.1) is 0 Å². The van der Waals surface area contributed by atoms with E-state index >= 15 is 0 Å². The smallest absolute Gasteiger partial charge is 0.0593 e. The maximum atomic E-state index is 6.11. The van der Waals surface area contributed by atoms with Crippen LogP contribution in [-0.2, 0) is 4.74 Å². The zero-order valence-electron chi connectivity index (χ0n) is 11.3. The molecule has 1 unspecified atom stereocenters. The Balaban J connectivity index is 2.19. The zero-order chi connectivity index (χ0) is 12.2. The maximum Gasteiger partial charge on any atom is 0.0593 e. The topological polar surface area (TPSA) is 38.5 Å². The molecule has 0 aromatic heterocycles. The molecule has 1 heterocycles. The van der Waals surface area contributed by atoms with Crippen LogP contribution >= 0.6 is 0 Å². The van der Waals surface area contributed by atoms with Gasteiger partial charge in [0.15, 0.2) is 0 Å². The zero-order valence-corrected chi connectivity index (χ0v) is 11.3. The summed E-state index contributed by atoms with van der Waals surface area (Å²) in [6.45, 7) is 13.9. The Morgan fingerprint density at radius 1 is 1.44 bits per heavy atom. The van der Waals surface area contributed by atoms with Gasteiger partial charge in [0.05, 0.1) is 6.61 Å². The van der Waals surface area contributed by atoms with Gasteiger partial charge in [-0.05, 0) is 24.3 Å². The fraction of sp³-hybridized carbons (Fsp3) is 1.00. The van der Waals surface area contributed by atoms with Gasteiger partial charge in [0.25, 0.3) is 0 Å². The lowest BCUT2D eigenvalue weighted by Gasteiger charge is -2.42. The molecule has 3 heteroatoms. The number of nitrogens with zero attached hydrogens (tertiary/aromatic N) is 1. The third kappa shape index (κ3) is 4.40. The summed E-state index contributed by atoms with van der Waals surface area (Å²) in [5.74, 6) is 0.631. The number of likely N-dealkylation sites (tertiary alicyclic amines) is 1. The van der Waals surface area contributed by atoms with Crippen LogP contribution in [-0.4, -0.2) is 43.8 Å². The van der Waals surface area contributed by atoms with E-state index in [2.05, 4.69) is 32.6 Å². The Morgan fingerprint density at radius 2 is 2.12 bits per heavy atom. The van der Waals surface area contributed by atoms with E-state index in [1.807, 2.05) is 0 Å². The molecular formula is C13H28N2O. The normalized spacial score (nSPS) is 26.2. The van der Waals surface area contributed by atoms with Gasteiger partial charge < -0.3 is 15.4 Å². The summed E-state index contributed by atoms with van der Waals surface area (Å²) < 4.78 is 5.62. The number of rotatable bonds is 5. The fourth-order valence-corrected chi connectivity index (χ4v) is 2.19. The molecule has 0 bridgehead atoms. The summed E-state index contributed by atoms with van der Waals surface area (Å²) in [5, 5.41) is 0. The summed E-state index contributed by atoms with van der Waals surface area (Å²) in [7, 11) is 0. The van der Waals surface area contributed by atoms with Gasteiger partial charge in [-0.25, -0.2) is 0 Å². The van der Waals surface area contributed by atoms with E-state index in [-0.39, 0.29) is 5.41 Å². The Hall–Kier alpha value is -0.120. The van der Waals surface area contributed by atoms with E-state index in [0.29, 0.717) is 12.0 Å². The van der Waals surface area contributed by atoms with Crippen LogP contribution in [0.25, 0.3) is 0 Å². The van der Waals surface area contributed by atoms with Crippen LogP contribution in [0.2, 0.25) is 0 Å². The largest absolute Gasteiger partial charge is 0.380 e. The third-order valence-electron chi connectivity index (χ3n) is 3.39. The number of nitrogens with two attached hydrogens (primary N) is 1. The molecule has 0 spiro atoms. The minimum atomic E-state index is 0.246. The predicted octanol–water partition coefficient (Wildman–Crippen LogP) is 1.72. The quantitative estimate of drug-likeness (QED) is 0.728. The highest BCUT2D eigenvalue weighted by atomic mass is 16.5. The lowest BCUT2D eigenvalue weighted by atomic mass is 9.80. The average Bonchev–Trinajstić information content (AvgIpc) is 2.17. The minimum Gasteiger partial charge on any atom is -0.380 e. The average molecular weight is 228 g/mol. The molecule has 0 aromatic carbocycles. The van der Waals surface area contributed by atoms with Crippen LogP contribution in [0.15, 0.2) is 0 Å². The number of piperidine rings is 1. The number of hydrogen-bond donors (Lipinski definition) is 1. The van der Waals surface area contributed by atoms with Crippen molar-refractivity contribution in [3.05, 3.63) is 0 Å². The van der Waals surface area contributed by atoms with E-state index < -0.39 is 0 Å². The van der Waals surface area contributed by atoms with Crippen LogP contribution in [0.5, 0.6) is 0 Å². The van der Waals surface area contributed by atoms with Crippen molar-refractivity contribution in [2.24, 2.45) is 17.1 Å². The SMILES string of the molecule is CC(C)COCCN1CCC(N)C(C)(C)C1. The first-order valence-electron chi connectivity index (χ1n) is 6.47. The number of hydrogen-bond acceptors (Lipinski definition) is 3. The summed E-state index contributed by atoms with van der Waals surface area (Å²) >= 11 is 0. The molecule has 1 saturated heterocycles. The molecule has 0 aromatic rings. The molecule has 0 saturated carbocycles. The Kier molecular flexibility index (Phi) is 5.22. The van der Waals surface area contributed by atoms with Crippen LogP contribution in [0.4, 0.5) is 0 Å². The van der Waals surface area contributed by atoms with Crippen molar-refractivity contribution in [3.63, 3.8) is 0 Å². The lowest BCUT2D eigenvalue weighted by molar-refractivity contribution is 0.0471. The van der Waals surface area contributed by atoms with Gasteiger partial charge in [-0.3, -0.25) is 0 Å². The highest BCUT2D eigenvalue weighted by Crippen LogP contribution is 2.27. The van der Waals surface area contributed by atoms with E-state index in [0.717, 1.165) is 39.3 Å². The van der Waals surface area contributed by atoms with Crippen LogP contribution in [0, 0.1) is 11.3 Å². The van der Waals surface area contributed by atoms with Crippen LogP contribution in [0.1, 0.15) is 34.1 Å². The van der Waals surface area contributed by atoms with Crippen molar-refractivity contribution in [1.29, 1.82) is 0 Å². The van der Waals surface area contributed by atoms with Crippen LogP contribution in [0.3, 0.4) is 0 Å². The molecule has 0 radical (unpaired) electrons. The van der Waals surface area contributed by atoms with Crippen molar-refractivity contribution in [2.75, 3.05) is 32.8 Å². The first-order chi connectivity index (χ1) is 7.42. The highest BCUT2D eigenvalue weighted by molar-refractivity contribution is 4.89. The second-order valence-corrected chi connectivity index (χ2v) is 6.13. The maximum absolute atomic E-state index is 6.11. The summed E-state index contributed by atoms with van der Waals surface area (Å²) in [5.41, 5.74) is 6.36. The molecule has 2 N–H and O–H groups in total. The van der Waals surface area contributed by atoms with Gasteiger partial charge in [0, 0.05) is 25.7 Å². The molecule has 1 atom stereocenters. The Labute approximate surface area is 100 Å². The molecule has 16 heavy (non-hydrogen) atoms. The van der Waals surface area contributed by atoms with E-state index in [1.165, 1.54) is 0 Å². The molecule has 1 aliphatic rings. The minimum absolute atomic E-state index is 0.246. The monoisotopic (exact) mass is 228 g/mol. The van der Waals surface area contributed by atoms with Crippen molar-refractivity contribution in [3.8, 4) is 0 Å². The Bertz CT molecular complexity index is 204. The molecular weight excluding hydrogens is 200 g/mol. The second-order valence-electron chi connectivity index (χ2n) is 6.13. The molecule has 0 amide bonds. The van der Waals surface area contributed by atoms with Gasteiger partial charge in [-0.1, -0.05) is 27.7 Å². The van der Waals surface area contributed by atoms with Gasteiger partial charge in [-0.2, -0.15) is 0 Å². The molecule has 1 rings (SSSR count). The first-order valence-corrected chi connectivity index (χ1v) is 6.47. The fourth-order valence-electron chi connectivity index (χ4n) is 2.19. The third-order valence-corrected chi connectivity index (χ3v) is 3.39. The van der Waals surface area contributed by atoms with Crippen LogP contribution < -0.4 is 5.73 Å². The van der Waals surface area contributed by atoms with Crippen molar-refractivity contribution < 1.29 is 4.74 Å². The second kappa shape index (κ2) is 5.99. The van der Waals surface area contributed by atoms with E-state index in [4.69, 9.17) is 10.5 Å². The van der Waals surface area contributed by atoms with Gasteiger partial charge in [0.2, 0.25) is 0 Å². The molecule has 1 aliphatic heterocycles. The predicted molar refractivity (Wildman–Crippen MR) is 68.5 cm³/mol. The summed E-state index contributed by atoms with van der Waals surface area (Å²) in [4.78, 5) is 2.48. The first kappa shape index (κ1) is 13.9. The number of ether oxygens (including phenoxy) is 1. The van der Waals surface area contributed by atoms with Gasteiger partial charge >= 0.3 is 0 Å². The van der Waals surface area contributed by atoms with Crippen molar-refractivity contribution in [2.45, 2.75) is 40.2 Å². The molecule has 3 nitrogen and oxygen atoms in total. The van der Waals surface area contributed by atoms with Gasteiger partial charge in [0.1, 0.15) is 0 Å². The Morgan fingerprint density at radius 3 is 2.69 bits per heavy atom. The molecule has 0 aliphatic carbocycles. The van der Waals surface area contributed by atoms with E-state index in [9.17, 15) is 0 Å². The van der Waals surface area contributed by atoms with Crippen molar-refractivity contribution in [1.82, 2.24) is 4.90 Å². The van der Waals surface area contributed by atoms with Crippen molar-refractivity contribution >= 4 is 0 Å². The summed E-state index contributed by atoms with van der Waals surface area (Å²) in [6, 6.07) is 0.348. The lowest BCUT2D eigenvalue weighted by Crippen LogP contribution is -2.52. The highest BCUT2D eigenvalue weighted by Gasteiger charge is 2.32.